The Kier molecular flexibility index (Phi) is 7.20. The molecule has 0 bridgehead atoms. The topological polar surface area (TPSA) is 94.2 Å². The van der Waals surface area contributed by atoms with E-state index >= 15 is 0 Å². The SMILES string of the molecule is Cc1nc([C@@H]2CCCN(CC(=O)NCCCN3CCCCCC3=O)C2)n[nH]1. The van der Waals surface area contributed by atoms with E-state index in [0.29, 0.717) is 25.4 Å². The molecule has 1 aromatic rings. The zero-order valence-electron chi connectivity index (χ0n) is 16.4. The Morgan fingerprint density at radius 3 is 2.96 bits per heavy atom. The van der Waals surface area contributed by atoms with Gasteiger partial charge in [0.2, 0.25) is 11.8 Å². The third-order valence-electron chi connectivity index (χ3n) is 5.45. The fourth-order valence-corrected chi connectivity index (χ4v) is 3.98. The minimum absolute atomic E-state index is 0.0593. The van der Waals surface area contributed by atoms with Crippen molar-refractivity contribution in [2.45, 2.75) is 57.8 Å². The van der Waals surface area contributed by atoms with Gasteiger partial charge in [0, 0.05) is 38.5 Å². The number of aryl methyl sites for hydroxylation is 1. The van der Waals surface area contributed by atoms with Crippen molar-refractivity contribution in [1.29, 1.82) is 0 Å². The predicted molar refractivity (Wildman–Crippen MR) is 102 cm³/mol. The Morgan fingerprint density at radius 1 is 1.26 bits per heavy atom. The van der Waals surface area contributed by atoms with E-state index in [0.717, 1.165) is 76.4 Å². The molecule has 2 fully saturated rings. The van der Waals surface area contributed by atoms with E-state index in [1.807, 2.05) is 11.8 Å². The highest BCUT2D eigenvalue weighted by Crippen LogP contribution is 2.24. The molecule has 3 rings (SSSR count). The molecule has 0 radical (unpaired) electrons. The number of H-pyrrole nitrogens is 1. The summed E-state index contributed by atoms with van der Waals surface area (Å²) in [5.74, 6) is 2.32. The highest BCUT2D eigenvalue weighted by Gasteiger charge is 2.25. The number of rotatable bonds is 7. The number of piperidine rings is 1. The van der Waals surface area contributed by atoms with Crippen LogP contribution in [0.1, 0.15) is 62.5 Å². The maximum absolute atomic E-state index is 12.3. The molecule has 0 aliphatic carbocycles. The van der Waals surface area contributed by atoms with Crippen molar-refractivity contribution >= 4 is 11.8 Å². The summed E-state index contributed by atoms with van der Waals surface area (Å²) < 4.78 is 0. The maximum atomic E-state index is 12.3. The molecule has 2 aliphatic heterocycles. The van der Waals surface area contributed by atoms with Crippen molar-refractivity contribution in [3.8, 4) is 0 Å². The molecule has 0 aromatic carbocycles. The molecule has 1 atom stereocenters. The third kappa shape index (κ3) is 6.02. The van der Waals surface area contributed by atoms with Crippen LogP contribution in [0.25, 0.3) is 0 Å². The van der Waals surface area contributed by atoms with Crippen LogP contribution in [-0.2, 0) is 9.59 Å². The summed E-state index contributed by atoms with van der Waals surface area (Å²) >= 11 is 0. The van der Waals surface area contributed by atoms with E-state index in [-0.39, 0.29) is 11.8 Å². The maximum Gasteiger partial charge on any atom is 0.234 e. The Labute approximate surface area is 161 Å². The number of hydrogen-bond donors (Lipinski definition) is 2. The zero-order chi connectivity index (χ0) is 19.1. The van der Waals surface area contributed by atoms with Gasteiger partial charge in [-0.2, -0.15) is 5.10 Å². The smallest absolute Gasteiger partial charge is 0.234 e. The Balaban J connectivity index is 1.34. The summed E-state index contributed by atoms with van der Waals surface area (Å²) in [6.45, 7) is 6.33. The van der Waals surface area contributed by atoms with Gasteiger partial charge in [-0.3, -0.25) is 19.6 Å². The standard InChI is InChI=1S/C19H32N6O2/c1-15-21-19(23-22-15)16-7-5-10-24(13-16)14-17(26)20-9-6-12-25-11-4-2-3-8-18(25)27/h16H,2-14H2,1H3,(H,20,26)(H,21,22,23)/t16-/m1/s1. The monoisotopic (exact) mass is 376 g/mol. The minimum Gasteiger partial charge on any atom is -0.355 e. The van der Waals surface area contributed by atoms with Crippen LogP contribution in [0.3, 0.4) is 0 Å². The van der Waals surface area contributed by atoms with Crippen molar-refractivity contribution in [3.63, 3.8) is 0 Å². The zero-order valence-corrected chi connectivity index (χ0v) is 16.4. The molecule has 0 unspecified atom stereocenters. The predicted octanol–water partition coefficient (Wildman–Crippen LogP) is 1.20. The number of nitrogens with one attached hydrogen (secondary N) is 2. The van der Waals surface area contributed by atoms with Crippen molar-refractivity contribution in [2.24, 2.45) is 0 Å². The summed E-state index contributed by atoms with van der Waals surface area (Å²) in [6.07, 6.45) is 6.86. The van der Waals surface area contributed by atoms with E-state index < -0.39 is 0 Å². The average molecular weight is 377 g/mol. The van der Waals surface area contributed by atoms with Crippen LogP contribution in [0.15, 0.2) is 0 Å². The van der Waals surface area contributed by atoms with Crippen molar-refractivity contribution < 1.29 is 9.59 Å². The lowest BCUT2D eigenvalue weighted by molar-refractivity contribution is -0.130. The number of hydrogen-bond acceptors (Lipinski definition) is 5. The number of aromatic nitrogens is 3. The Morgan fingerprint density at radius 2 is 2.15 bits per heavy atom. The second kappa shape index (κ2) is 9.82. The van der Waals surface area contributed by atoms with Crippen LogP contribution < -0.4 is 5.32 Å². The van der Waals surface area contributed by atoms with Crippen LogP contribution in [0, 0.1) is 6.92 Å². The number of likely N-dealkylation sites (tertiary alicyclic amines) is 2. The van der Waals surface area contributed by atoms with Gasteiger partial charge < -0.3 is 10.2 Å². The lowest BCUT2D eigenvalue weighted by Crippen LogP contribution is -2.42. The van der Waals surface area contributed by atoms with E-state index in [2.05, 4.69) is 25.4 Å². The number of carbonyl (C=O) groups excluding carboxylic acids is 2. The van der Waals surface area contributed by atoms with Crippen molar-refractivity contribution in [3.05, 3.63) is 11.6 Å². The molecule has 2 N–H and O–H groups in total. The van der Waals surface area contributed by atoms with Crippen LogP contribution in [0.4, 0.5) is 0 Å². The molecule has 1 aromatic heterocycles. The number of carbonyl (C=O) groups is 2. The van der Waals surface area contributed by atoms with Gasteiger partial charge in [0.1, 0.15) is 5.82 Å². The second-order valence-corrected chi connectivity index (χ2v) is 7.75. The van der Waals surface area contributed by atoms with Gasteiger partial charge in [0.15, 0.2) is 5.82 Å². The summed E-state index contributed by atoms with van der Waals surface area (Å²) in [5, 5.41) is 10.2. The molecule has 2 amide bonds. The van der Waals surface area contributed by atoms with Crippen LogP contribution in [0.5, 0.6) is 0 Å². The molecule has 8 heteroatoms. The first-order valence-electron chi connectivity index (χ1n) is 10.3. The highest BCUT2D eigenvalue weighted by atomic mass is 16.2. The minimum atomic E-state index is 0.0593. The second-order valence-electron chi connectivity index (χ2n) is 7.75. The van der Waals surface area contributed by atoms with Crippen molar-refractivity contribution in [2.75, 3.05) is 39.3 Å². The first kappa shape index (κ1) is 19.8. The van der Waals surface area contributed by atoms with Gasteiger partial charge in [-0.05, 0) is 45.6 Å². The van der Waals surface area contributed by atoms with Gasteiger partial charge in [-0.1, -0.05) is 6.42 Å². The molecule has 27 heavy (non-hydrogen) atoms. The normalized spacial score (nSPS) is 21.9. The van der Waals surface area contributed by atoms with Gasteiger partial charge >= 0.3 is 0 Å². The van der Waals surface area contributed by atoms with E-state index in [4.69, 9.17) is 0 Å². The molecule has 2 aliphatic rings. The number of aromatic amines is 1. The third-order valence-corrected chi connectivity index (χ3v) is 5.45. The Bertz CT molecular complexity index is 631. The lowest BCUT2D eigenvalue weighted by Gasteiger charge is -2.30. The van der Waals surface area contributed by atoms with Gasteiger partial charge in [0.05, 0.1) is 6.54 Å². The lowest BCUT2D eigenvalue weighted by atomic mass is 9.97. The first-order chi connectivity index (χ1) is 13.1. The molecule has 3 heterocycles. The number of amides is 2. The summed E-state index contributed by atoms with van der Waals surface area (Å²) in [6, 6.07) is 0. The fraction of sp³-hybridized carbons (Fsp3) is 0.789. The van der Waals surface area contributed by atoms with Crippen LogP contribution in [-0.4, -0.2) is 76.1 Å². The van der Waals surface area contributed by atoms with Crippen molar-refractivity contribution in [1.82, 2.24) is 30.3 Å². The number of nitrogens with zero attached hydrogens (tertiary/aromatic N) is 4. The molecular formula is C19H32N6O2. The van der Waals surface area contributed by atoms with Crippen LogP contribution >= 0.6 is 0 Å². The largest absolute Gasteiger partial charge is 0.355 e. The summed E-state index contributed by atoms with van der Waals surface area (Å²) in [4.78, 5) is 32.8. The average Bonchev–Trinajstić information content (AvgIpc) is 2.99. The molecule has 0 spiro atoms. The fourth-order valence-electron chi connectivity index (χ4n) is 3.98. The molecule has 2 saturated heterocycles. The van der Waals surface area contributed by atoms with E-state index in [1.165, 1.54) is 0 Å². The summed E-state index contributed by atoms with van der Waals surface area (Å²) in [7, 11) is 0. The molecule has 0 saturated carbocycles. The summed E-state index contributed by atoms with van der Waals surface area (Å²) in [5.41, 5.74) is 0. The highest BCUT2D eigenvalue weighted by molar-refractivity contribution is 5.78. The van der Waals surface area contributed by atoms with E-state index in [9.17, 15) is 9.59 Å². The Hall–Kier alpha value is -1.96. The van der Waals surface area contributed by atoms with Gasteiger partial charge in [0.25, 0.3) is 0 Å². The van der Waals surface area contributed by atoms with E-state index in [1.54, 1.807) is 0 Å². The van der Waals surface area contributed by atoms with Crippen LogP contribution in [0.2, 0.25) is 0 Å². The first-order valence-corrected chi connectivity index (χ1v) is 10.3. The quantitative estimate of drug-likeness (QED) is 0.698. The molecule has 8 nitrogen and oxygen atoms in total. The molecular weight excluding hydrogens is 344 g/mol. The van der Waals surface area contributed by atoms with Gasteiger partial charge in [-0.25, -0.2) is 4.98 Å². The van der Waals surface area contributed by atoms with Gasteiger partial charge in [-0.15, -0.1) is 0 Å². The molecule has 150 valence electrons.